The summed E-state index contributed by atoms with van der Waals surface area (Å²) in [5.41, 5.74) is 7.29. The van der Waals surface area contributed by atoms with Crippen molar-refractivity contribution in [2.45, 2.75) is 26.3 Å². The Hall–Kier alpha value is -1.62. The van der Waals surface area contributed by atoms with Gasteiger partial charge in [-0.15, -0.1) is 0 Å². The van der Waals surface area contributed by atoms with Crippen molar-refractivity contribution in [1.82, 2.24) is 14.8 Å². The van der Waals surface area contributed by atoms with Crippen LogP contribution in [0.5, 0.6) is 0 Å². The molecular weight excluding hydrogens is 240 g/mol. The SMILES string of the molecule is CCc1cc(C(=O)N2CCN(C)CC2C)cc(N)n1. The average molecular weight is 262 g/mol. The van der Waals surface area contributed by atoms with Crippen LogP contribution in [0.25, 0.3) is 0 Å². The topological polar surface area (TPSA) is 62.5 Å². The number of carbonyl (C=O) groups excluding carboxylic acids is 1. The fourth-order valence-corrected chi connectivity index (χ4v) is 2.52. The second-order valence-electron chi connectivity index (χ2n) is 5.24. The van der Waals surface area contributed by atoms with Gasteiger partial charge in [-0.2, -0.15) is 0 Å². The Kier molecular flexibility index (Phi) is 4.04. The molecule has 1 aliphatic rings. The van der Waals surface area contributed by atoms with Gasteiger partial charge in [-0.05, 0) is 32.5 Å². The molecule has 0 aromatic carbocycles. The first-order chi connectivity index (χ1) is 9.01. The summed E-state index contributed by atoms with van der Waals surface area (Å²) in [5, 5.41) is 0. The monoisotopic (exact) mass is 262 g/mol. The molecule has 2 heterocycles. The number of rotatable bonds is 2. The highest BCUT2D eigenvalue weighted by Crippen LogP contribution is 2.15. The molecule has 0 spiro atoms. The van der Waals surface area contributed by atoms with Gasteiger partial charge in [0.2, 0.25) is 0 Å². The molecule has 2 rings (SSSR count). The standard InChI is InChI=1S/C14H22N4O/c1-4-12-7-11(8-13(15)16-12)14(19)18-6-5-17(3)9-10(18)2/h7-8,10H,4-6,9H2,1-3H3,(H2,15,16). The Morgan fingerprint density at radius 2 is 2.21 bits per heavy atom. The normalized spacial score (nSPS) is 20.6. The summed E-state index contributed by atoms with van der Waals surface area (Å²) in [5.74, 6) is 0.480. The van der Waals surface area contributed by atoms with E-state index < -0.39 is 0 Å². The van der Waals surface area contributed by atoms with E-state index in [4.69, 9.17) is 5.73 Å². The van der Waals surface area contributed by atoms with Crippen molar-refractivity contribution in [2.24, 2.45) is 0 Å². The fraction of sp³-hybridized carbons (Fsp3) is 0.571. The predicted molar refractivity (Wildman–Crippen MR) is 76.0 cm³/mol. The van der Waals surface area contributed by atoms with E-state index in [1.54, 1.807) is 6.07 Å². The number of hydrogen-bond donors (Lipinski definition) is 1. The average Bonchev–Trinajstić information content (AvgIpc) is 2.37. The highest BCUT2D eigenvalue weighted by molar-refractivity contribution is 5.95. The minimum absolute atomic E-state index is 0.0596. The third-order valence-electron chi connectivity index (χ3n) is 3.60. The summed E-state index contributed by atoms with van der Waals surface area (Å²) in [6.07, 6.45) is 0.781. The number of likely N-dealkylation sites (N-methyl/N-ethyl adjacent to an activating group) is 1. The zero-order chi connectivity index (χ0) is 14.0. The molecule has 0 aliphatic carbocycles. The van der Waals surface area contributed by atoms with Crippen molar-refractivity contribution in [3.8, 4) is 0 Å². The van der Waals surface area contributed by atoms with Crippen LogP contribution >= 0.6 is 0 Å². The van der Waals surface area contributed by atoms with Gasteiger partial charge in [-0.1, -0.05) is 6.92 Å². The summed E-state index contributed by atoms with van der Waals surface area (Å²) < 4.78 is 0. The van der Waals surface area contributed by atoms with E-state index in [-0.39, 0.29) is 11.9 Å². The molecule has 1 amide bonds. The lowest BCUT2D eigenvalue weighted by Gasteiger charge is -2.38. The smallest absolute Gasteiger partial charge is 0.254 e. The molecular formula is C14H22N4O. The van der Waals surface area contributed by atoms with Crippen molar-refractivity contribution in [3.63, 3.8) is 0 Å². The molecule has 1 unspecified atom stereocenters. The summed E-state index contributed by atoms with van der Waals surface area (Å²) in [6.45, 7) is 6.68. The van der Waals surface area contributed by atoms with Crippen LogP contribution < -0.4 is 5.73 Å². The molecule has 1 aromatic heterocycles. The highest BCUT2D eigenvalue weighted by atomic mass is 16.2. The van der Waals surface area contributed by atoms with Crippen LogP contribution in [0, 0.1) is 0 Å². The predicted octanol–water partition coefficient (Wildman–Crippen LogP) is 1.00. The Morgan fingerprint density at radius 1 is 1.47 bits per heavy atom. The maximum absolute atomic E-state index is 12.6. The zero-order valence-corrected chi connectivity index (χ0v) is 11.9. The van der Waals surface area contributed by atoms with Crippen LogP contribution in [0.4, 0.5) is 5.82 Å². The second-order valence-corrected chi connectivity index (χ2v) is 5.24. The molecule has 104 valence electrons. The lowest BCUT2D eigenvalue weighted by Crippen LogP contribution is -2.52. The first-order valence-electron chi connectivity index (χ1n) is 6.77. The van der Waals surface area contributed by atoms with Gasteiger partial charge in [0, 0.05) is 36.9 Å². The maximum Gasteiger partial charge on any atom is 0.254 e. The molecule has 0 bridgehead atoms. The number of nitrogens with two attached hydrogens (primary N) is 1. The van der Waals surface area contributed by atoms with Crippen molar-refractivity contribution >= 4 is 11.7 Å². The van der Waals surface area contributed by atoms with Gasteiger partial charge in [0.15, 0.2) is 0 Å². The second kappa shape index (κ2) is 5.57. The van der Waals surface area contributed by atoms with E-state index in [0.29, 0.717) is 11.4 Å². The van der Waals surface area contributed by atoms with Gasteiger partial charge >= 0.3 is 0 Å². The minimum atomic E-state index is 0.0596. The van der Waals surface area contributed by atoms with Crippen LogP contribution in [0.15, 0.2) is 12.1 Å². The largest absolute Gasteiger partial charge is 0.384 e. The maximum atomic E-state index is 12.6. The van der Waals surface area contributed by atoms with Crippen LogP contribution in [-0.2, 0) is 6.42 Å². The first-order valence-corrected chi connectivity index (χ1v) is 6.77. The van der Waals surface area contributed by atoms with Crippen molar-refractivity contribution in [3.05, 3.63) is 23.4 Å². The van der Waals surface area contributed by atoms with Gasteiger partial charge in [-0.3, -0.25) is 4.79 Å². The van der Waals surface area contributed by atoms with E-state index >= 15 is 0 Å². The van der Waals surface area contributed by atoms with Gasteiger partial charge in [0.25, 0.3) is 5.91 Å². The molecule has 19 heavy (non-hydrogen) atoms. The Morgan fingerprint density at radius 3 is 2.84 bits per heavy atom. The van der Waals surface area contributed by atoms with Crippen molar-refractivity contribution in [1.29, 1.82) is 0 Å². The Labute approximate surface area is 114 Å². The molecule has 5 nitrogen and oxygen atoms in total. The number of aromatic nitrogens is 1. The van der Waals surface area contributed by atoms with Gasteiger partial charge in [0.1, 0.15) is 5.82 Å². The fourth-order valence-electron chi connectivity index (χ4n) is 2.52. The number of pyridine rings is 1. The third-order valence-corrected chi connectivity index (χ3v) is 3.60. The molecule has 0 saturated carbocycles. The van der Waals surface area contributed by atoms with Crippen molar-refractivity contribution in [2.75, 3.05) is 32.4 Å². The molecule has 1 aromatic rings. The number of aryl methyl sites for hydroxylation is 1. The van der Waals surface area contributed by atoms with E-state index in [9.17, 15) is 4.79 Å². The number of hydrogen-bond acceptors (Lipinski definition) is 4. The molecule has 0 radical (unpaired) electrons. The summed E-state index contributed by atoms with van der Waals surface area (Å²) in [7, 11) is 2.08. The van der Waals surface area contributed by atoms with Crippen LogP contribution in [0.2, 0.25) is 0 Å². The van der Waals surface area contributed by atoms with Crippen molar-refractivity contribution < 1.29 is 4.79 Å². The molecule has 5 heteroatoms. The number of anilines is 1. The Balaban J connectivity index is 2.21. The summed E-state index contributed by atoms with van der Waals surface area (Å²) >= 11 is 0. The number of nitrogen functional groups attached to an aromatic ring is 1. The lowest BCUT2D eigenvalue weighted by atomic mass is 10.1. The van der Waals surface area contributed by atoms with Gasteiger partial charge < -0.3 is 15.5 Å². The Bertz CT molecular complexity index is 475. The van der Waals surface area contributed by atoms with E-state index in [0.717, 1.165) is 31.7 Å². The highest BCUT2D eigenvalue weighted by Gasteiger charge is 2.26. The van der Waals surface area contributed by atoms with Crippen LogP contribution in [0.1, 0.15) is 29.9 Å². The van der Waals surface area contributed by atoms with E-state index in [1.807, 2.05) is 17.9 Å². The number of piperazine rings is 1. The van der Waals surface area contributed by atoms with E-state index in [2.05, 4.69) is 23.9 Å². The minimum Gasteiger partial charge on any atom is -0.384 e. The molecule has 1 fully saturated rings. The van der Waals surface area contributed by atoms with Crippen LogP contribution in [0.3, 0.4) is 0 Å². The molecule has 1 atom stereocenters. The summed E-state index contributed by atoms with van der Waals surface area (Å²) in [4.78, 5) is 20.9. The van der Waals surface area contributed by atoms with E-state index in [1.165, 1.54) is 0 Å². The molecule has 1 aliphatic heterocycles. The number of amides is 1. The zero-order valence-electron chi connectivity index (χ0n) is 11.9. The molecule has 2 N–H and O–H groups in total. The first kappa shape index (κ1) is 13.8. The number of nitrogens with zero attached hydrogens (tertiary/aromatic N) is 3. The lowest BCUT2D eigenvalue weighted by molar-refractivity contribution is 0.0533. The van der Waals surface area contributed by atoms with Gasteiger partial charge in [-0.25, -0.2) is 4.98 Å². The third kappa shape index (κ3) is 3.04. The molecule has 1 saturated heterocycles. The quantitative estimate of drug-likeness (QED) is 0.864. The van der Waals surface area contributed by atoms with Gasteiger partial charge in [0.05, 0.1) is 0 Å². The van der Waals surface area contributed by atoms with Crippen LogP contribution in [-0.4, -0.2) is 53.4 Å². The number of carbonyl (C=O) groups is 1. The summed E-state index contributed by atoms with van der Waals surface area (Å²) in [6, 6.07) is 3.75.